The number of nitrogens with zero attached hydrogens (tertiary/aromatic N) is 1. The van der Waals surface area contributed by atoms with E-state index in [1.54, 1.807) is 6.20 Å². The van der Waals surface area contributed by atoms with Gasteiger partial charge in [-0.25, -0.2) is 0 Å². The first kappa shape index (κ1) is 10.0. The van der Waals surface area contributed by atoms with E-state index in [9.17, 15) is 0 Å². The van der Waals surface area contributed by atoms with Crippen LogP contribution in [0.1, 0.15) is 18.2 Å². The monoisotopic (exact) mass is 194 g/mol. The number of terminal acetylenes is 1. The van der Waals surface area contributed by atoms with Crippen molar-refractivity contribution in [3.05, 3.63) is 29.0 Å². The molecule has 1 N–H and O–H groups in total. The Hall–Kier alpha value is -1.04. The summed E-state index contributed by atoms with van der Waals surface area (Å²) in [5, 5.41) is 3.73. The third kappa shape index (κ3) is 2.73. The molecule has 1 aromatic heterocycles. The van der Waals surface area contributed by atoms with Crippen LogP contribution in [0.15, 0.2) is 18.3 Å². The van der Waals surface area contributed by atoms with E-state index in [-0.39, 0.29) is 6.04 Å². The van der Waals surface area contributed by atoms with E-state index in [4.69, 9.17) is 18.0 Å². The molecule has 0 spiro atoms. The van der Waals surface area contributed by atoms with E-state index < -0.39 is 0 Å². The molecule has 0 aromatic carbocycles. The average molecular weight is 195 g/mol. The van der Waals surface area contributed by atoms with E-state index in [1.165, 1.54) is 0 Å². The summed E-state index contributed by atoms with van der Waals surface area (Å²) in [4.78, 5) is 4.18. The minimum atomic E-state index is 0.113. The van der Waals surface area contributed by atoms with Crippen molar-refractivity contribution in [2.75, 3.05) is 7.05 Å². The number of hydrogen-bond acceptors (Lipinski definition) is 2. The third-order valence-electron chi connectivity index (χ3n) is 1.78. The molecule has 0 saturated carbocycles. The Morgan fingerprint density at radius 2 is 2.46 bits per heavy atom. The van der Waals surface area contributed by atoms with Gasteiger partial charge in [0.25, 0.3) is 0 Å². The summed E-state index contributed by atoms with van der Waals surface area (Å²) in [7, 11) is 1.86. The van der Waals surface area contributed by atoms with Gasteiger partial charge < -0.3 is 5.32 Å². The molecular formula is C10H11ClN2. The quantitative estimate of drug-likeness (QED) is 0.745. The number of pyridine rings is 1. The van der Waals surface area contributed by atoms with Gasteiger partial charge in [-0.2, -0.15) is 0 Å². The van der Waals surface area contributed by atoms with Crippen molar-refractivity contribution in [1.82, 2.24) is 10.3 Å². The molecule has 0 saturated heterocycles. The van der Waals surface area contributed by atoms with Gasteiger partial charge in [-0.3, -0.25) is 4.98 Å². The highest BCUT2D eigenvalue weighted by Gasteiger charge is 2.07. The third-order valence-corrected chi connectivity index (χ3v) is 2.00. The Morgan fingerprint density at radius 1 is 1.69 bits per heavy atom. The van der Waals surface area contributed by atoms with Crippen LogP contribution in [0, 0.1) is 12.3 Å². The van der Waals surface area contributed by atoms with Gasteiger partial charge in [0.1, 0.15) is 0 Å². The number of rotatable bonds is 3. The maximum absolute atomic E-state index is 5.71. The Balaban J connectivity index is 2.80. The van der Waals surface area contributed by atoms with Gasteiger partial charge in [0.15, 0.2) is 0 Å². The van der Waals surface area contributed by atoms with Crippen molar-refractivity contribution in [2.24, 2.45) is 0 Å². The summed E-state index contributed by atoms with van der Waals surface area (Å²) in [6, 6.07) is 3.80. The molecule has 13 heavy (non-hydrogen) atoms. The zero-order chi connectivity index (χ0) is 9.68. The second kappa shape index (κ2) is 4.86. The zero-order valence-electron chi connectivity index (χ0n) is 7.42. The molecule has 1 unspecified atom stereocenters. The van der Waals surface area contributed by atoms with Crippen LogP contribution < -0.4 is 5.32 Å². The van der Waals surface area contributed by atoms with Crippen molar-refractivity contribution in [3.8, 4) is 12.3 Å². The molecular weight excluding hydrogens is 184 g/mol. The van der Waals surface area contributed by atoms with Gasteiger partial charge in [0, 0.05) is 12.6 Å². The molecule has 1 aromatic rings. The fourth-order valence-electron chi connectivity index (χ4n) is 1.07. The van der Waals surface area contributed by atoms with Gasteiger partial charge in [0.05, 0.1) is 16.8 Å². The summed E-state index contributed by atoms with van der Waals surface area (Å²) in [6.45, 7) is 0. The summed E-state index contributed by atoms with van der Waals surface area (Å²) in [5.74, 6) is 2.60. The Bertz CT molecular complexity index is 300. The van der Waals surface area contributed by atoms with Crippen molar-refractivity contribution in [3.63, 3.8) is 0 Å². The minimum absolute atomic E-state index is 0.113. The van der Waals surface area contributed by atoms with Crippen molar-refractivity contribution in [1.29, 1.82) is 0 Å². The number of halogens is 1. The molecule has 3 heteroatoms. The summed E-state index contributed by atoms with van der Waals surface area (Å²) >= 11 is 5.71. The molecule has 1 rings (SSSR count). The van der Waals surface area contributed by atoms with E-state index >= 15 is 0 Å². The highest BCUT2D eigenvalue weighted by atomic mass is 35.5. The van der Waals surface area contributed by atoms with Crippen LogP contribution in [-0.4, -0.2) is 12.0 Å². The predicted octanol–water partition coefficient (Wildman–Crippen LogP) is 2.02. The molecule has 1 atom stereocenters. The number of hydrogen-bond donors (Lipinski definition) is 1. The van der Waals surface area contributed by atoms with Gasteiger partial charge in [-0.05, 0) is 19.2 Å². The molecule has 0 radical (unpaired) electrons. The number of aromatic nitrogens is 1. The van der Waals surface area contributed by atoms with Gasteiger partial charge in [0.2, 0.25) is 0 Å². The smallest absolute Gasteiger partial charge is 0.0603 e. The average Bonchev–Trinajstić information content (AvgIpc) is 2.16. The molecule has 0 aliphatic rings. The van der Waals surface area contributed by atoms with Crippen molar-refractivity contribution < 1.29 is 0 Å². The largest absolute Gasteiger partial charge is 0.311 e. The second-order valence-electron chi connectivity index (χ2n) is 2.65. The molecule has 0 aliphatic heterocycles. The van der Waals surface area contributed by atoms with Crippen LogP contribution in [0.3, 0.4) is 0 Å². The first-order chi connectivity index (χ1) is 6.27. The lowest BCUT2D eigenvalue weighted by Crippen LogP contribution is -2.16. The maximum Gasteiger partial charge on any atom is 0.0603 e. The van der Waals surface area contributed by atoms with Crippen LogP contribution in [0.2, 0.25) is 5.02 Å². The Labute approximate surface area is 83.3 Å². The highest BCUT2D eigenvalue weighted by molar-refractivity contribution is 6.30. The normalized spacial score (nSPS) is 12.1. The van der Waals surface area contributed by atoms with Crippen LogP contribution in [0.5, 0.6) is 0 Å². The molecule has 68 valence electrons. The van der Waals surface area contributed by atoms with Crippen LogP contribution in [0.25, 0.3) is 0 Å². The molecule has 0 fully saturated rings. The number of nitrogens with one attached hydrogen (secondary N) is 1. The topological polar surface area (TPSA) is 24.9 Å². The van der Waals surface area contributed by atoms with E-state index in [0.717, 1.165) is 5.69 Å². The molecule has 0 amide bonds. The van der Waals surface area contributed by atoms with Gasteiger partial charge in [-0.15, -0.1) is 12.3 Å². The SMILES string of the molecule is C#CCC(NC)c1ccc(Cl)cn1. The summed E-state index contributed by atoms with van der Waals surface area (Å²) < 4.78 is 0. The first-order valence-electron chi connectivity index (χ1n) is 4.00. The standard InChI is InChI=1S/C10H11ClN2/c1-3-4-9(12-2)10-6-5-8(11)7-13-10/h1,5-7,9,12H,4H2,2H3. The second-order valence-corrected chi connectivity index (χ2v) is 3.09. The van der Waals surface area contributed by atoms with Gasteiger partial charge in [-0.1, -0.05) is 11.6 Å². The van der Waals surface area contributed by atoms with E-state index in [1.807, 2.05) is 19.2 Å². The summed E-state index contributed by atoms with van der Waals surface area (Å²) in [5.41, 5.74) is 0.921. The van der Waals surface area contributed by atoms with Crippen LogP contribution in [0.4, 0.5) is 0 Å². The lowest BCUT2D eigenvalue weighted by Gasteiger charge is -2.11. The van der Waals surface area contributed by atoms with E-state index in [2.05, 4.69) is 16.2 Å². The fraction of sp³-hybridized carbons (Fsp3) is 0.300. The fourth-order valence-corrected chi connectivity index (χ4v) is 1.18. The minimum Gasteiger partial charge on any atom is -0.311 e. The van der Waals surface area contributed by atoms with E-state index in [0.29, 0.717) is 11.4 Å². The molecule has 0 bridgehead atoms. The summed E-state index contributed by atoms with van der Waals surface area (Å²) in [6.07, 6.45) is 7.48. The first-order valence-corrected chi connectivity index (χ1v) is 4.38. The Morgan fingerprint density at radius 3 is 2.92 bits per heavy atom. The van der Waals surface area contributed by atoms with Crippen molar-refractivity contribution in [2.45, 2.75) is 12.5 Å². The van der Waals surface area contributed by atoms with Crippen molar-refractivity contribution >= 4 is 11.6 Å². The zero-order valence-corrected chi connectivity index (χ0v) is 8.17. The molecule has 2 nitrogen and oxygen atoms in total. The molecule has 1 heterocycles. The predicted molar refractivity (Wildman–Crippen MR) is 54.5 cm³/mol. The maximum atomic E-state index is 5.71. The van der Waals surface area contributed by atoms with Gasteiger partial charge >= 0.3 is 0 Å². The highest BCUT2D eigenvalue weighted by Crippen LogP contribution is 2.15. The lowest BCUT2D eigenvalue weighted by molar-refractivity contribution is 0.594. The van der Waals surface area contributed by atoms with Crippen LogP contribution in [-0.2, 0) is 0 Å². The van der Waals surface area contributed by atoms with Crippen LogP contribution >= 0.6 is 11.6 Å². The molecule has 0 aliphatic carbocycles. The Kier molecular flexibility index (Phi) is 3.75. The lowest BCUT2D eigenvalue weighted by atomic mass is 10.1.